The molecule has 0 aromatic carbocycles. The number of halogens is 1. The van der Waals surface area contributed by atoms with Crippen molar-refractivity contribution in [2.24, 2.45) is 5.73 Å². The van der Waals surface area contributed by atoms with Crippen LogP contribution in [0.4, 0.5) is 0 Å². The van der Waals surface area contributed by atoms with Gasteiger partial charge in [0.2, 0.25) is 0 Å². The zero-order valence-corrected chi connectivity index (χ0v) is 13.3. The van der Waals surface area contributed by atoms with Gasteiger partial charge in [0.25, 0.3) is 5.91 Å². The van der Waals surface area contributed by atoms with Crippen LogP contribution in [0.2, 0.25) is 0 Å². The molecule has 110 valence electrons. The van der Waals surface area contributed by atoms with Gasteiger partial charge in [0.15, 0.2) is 0 Å². The molecular weight excluding hydrogens is 320 g/mol. The minimum Gasteiger partial charge on any atom is -0.339 e. The number of nitrogens with two attached hydrogens (primary N) is 1. The van der Waals surface area contributed by atoms with Gasteiger partial charge < -0.3 is 20.1 Å². The minimum atomic E-state index is 0.113. The molecule has 2 N–H and O–H groups in total. The van der Waals surface area contributed by atoms with Crippen LogP contribution in [0, 0.1) is 0 Å². The molecule has 1 saturated heterocycles. The Labute approximate surface area is 127 Å². The number of nitrogens with zero attached hydrogens (tertiary/aromatic N) is 3. The van der Waals surface area contributed by atoms with Crippen LogP contribution in [0.15, 0.2) is 16.7 Å². The Hall–Kier alpha value is -0.850. The maximum Gasteiger partial charge on any atom is 0.270 e. The van der Waals surface area contributed by atoms with Crippen LogP contribution in [0.3, 0.4) is 0 Å². The first-order valence-corrected chi connectivity index (χ1v) is 7.96. The van der Waals surface area contributed by atoms with E-state index >= 15 is 0 Å². The fourth-order valence-corrected chi connectivity index (χ4v) is 3.34. The topological polar surface area (TPSA) is 54.5 Å². The van der Waals surface area contributed by atoms with E-state index in [4.69, 9.17) is 5.73 Å². The number of piperazine rings is 1. The Bertz CT molecular complexity index is 511. The molecule has 1 aliphatic carbocycles. The lowest BCUT2D eigenvalue weighted by Gasteiger charge is -2.39. The predicted octanol–water partition coefficient (Wildman–Crippen LogP) is 1.30. The van der Waals surface area contributed by atoms with Gasteiger partial charge in [0.1, 0.15) is 5.69 Å². The van der Waals surface area contributed by atoms with Crippen LogP contribution in [0.5, 0.6) is 0 Å². The summed E-state index contributed by atoms with van der Waals surface area (Å²) in [6, 6.07) is 2.55. The summed E-state index contributed by atoms with van der Waals surface area (Å²) in [7, 11) is 2.08. The third-order valence-electron chi connectivity index (χ3n) is 4.19. The average molecular weight is 341 g/mol. The fourth-order valence-electron chi connectivity index (χ4n) is 2.90. The standard InChI is InChI=1S/C14H21BrN4O/c1-17-4-5-18(12(7-16)9-17)14(20)13-6-10(15)8-19(13)11-2-3-11/h6,8,11-12H,2-5,7,9,16H2,1H3. The first-order valence-electron chi connectivity index (χ1n) is 7.17. The number of carbonyl (C=O) groups is 1. The Kier molecular flexibility index (Phi) is 3.88. The first kappa shape index (κ1) is 14.1. The van der Waals surface area contributed by atoms with Crippen molar-refractivity contribution in [2.45, 2.75) is 24.9 Å². The molecule has 1 saturated carbocycles. The second-order valence-electron chi connectivity index (χ2n) is 5.83. The summed E-state index contributed by atoms with van der Waals surface area (Å²) in [5, 5.41) is 0. The monoisotopic (exact) mass is 340 g/mol. The highest BCUT2D eigenvalue weighted by Crippen LogP contribution is 2.37. The van der Waals surface area contributed by atoms with E-state index in [9.17, 15) is 4.79 Å². The molecule has 6 heteroatoms. The highest BCUT2D eigenvalue weighted by Gasteiger charge is 2.33. The van der Waals surface area contributed by atoms with Crippen molar-refractivity contribution in [3.05, 3.63) is 22.4 Å². The third-order valence-corrected chi connectivity index (χ3v) is 4.63. The summed E-state index contributed by atoms with van der Waals surface area (Å²) in [5.74, 6) is 0.117. The van der Waals surface area contributed by atoms with Crippen molar-refractivity contribution < 1.29 is 4.79 Å². The van der Waals surface area contributed by atoms with Gasteiger partial charge in [-0.3, -0.25) is 4.79 Å². The molecule has 0 bridgehead atoms. The van der Waals surface area contributed by atoms with E-state index in [2.05, 4.69) is 32.4 Å². The van der Waals surface area contributed by atoms with Gasteiger partial charge in [-0.25, -0.2) is 0 Å². The van der Waals surface area contributed by atoms with Gasteiger partial charge in [-0.1, -0.05) is 0 Å². The number of hydrogen-bond acceptors (Lipinski definition) is 3. The lowest BCUT2D eigenvalue weighted by atomic mass is 10.1. The molecule has 1 aliphatic heterocycles. The number of likely N-dealkylation sites (N-methyl/N-ethyl adjacent to an activating group) is 1. The Morgan fingerprint density at radius 1 is 1.45 bits per heavy atom. The molecule has 3 rings (SSSR count). The van der Waals surface area contributed by atoms with E-state index in [1.807, 2.05) is 17.2 Å². The molecule has 1 aromatic heterocycles. The lowest BCUT2D eigenvalue weighted by molar-refractivity contribution is 0.0505. The summed E-state index contributed by atoms with van der Waals surface area (Å²) in [4.78, 5) is 17.0. The lowest BCUT2D eigenvalue weighted by Crippen LogP contribution is -2.57. The summed E-state index contributed by atoms with van der Waals surface area (Å²) >= 11 is 3.49. The quantitative estimate of drug-likeness (QED) is 0.902. The van der Waals surface area contributed by atoms with Crippen molar-refractivity contribution in [1.82, 2.24) is 14.4 Å². The summed E-state index contributed by atoms with van der Waals surface area (Å²) in [6.07, 6.45) is 4.37. The van der Waals surface area contributed by atoms with E-state index in [1.165, 1.54) is 12.8 Å². The summed E-state index contributed by atoms with van der Waals surface area (Å²) in [6.45, 7) is 3.03. The van der Waals surface area contributed by atoms with Crippen LogP contribution in [0.1, 0.15) is 29.4 Å². The second kappa shape index (κ2) is 5.50. The predicted molar refractivity (Wildman–Crippen MR) is 81.8 cm³/mol. The molecule has 2 heterocycles. The van der Waals surface area contributed by atoms with Crippen molar-refractivity contribution in [3.8, 4) is 0 Å². The Morgan fingerprint density at radius 2 is 2.20 bits per heavy atom. The van der Waals surface area contributed by atoms with Gasteiger partial charge in [0, 0.05) is 42.9 Å². The molecule has 1 aromatic rings. The van der Waals surface area contributed by atoms with Crippen LogP contribution in [-0.2, 0) is 0 Å². The molecule has 1 unspecified atom stereocenters. The molecule has 1 atom stereocenters. The molecule has 1 amide bonds. The second-order valence-corrected chi connectivity index (χ2v) is 6.75. The van der Waals surface area contributed by atoms with Gasteiger partial charge in [-0.05, 0) is 41.9 Å². The number of hydrogen-bond donors (Lipinski definition) is 1. The molecule has 20 heavy (non-hydrogen) atoms. The van der Waals surface area contributed by atoms with E-state index in [1.54, 1.807) is 0 Å². The maximum absolute atomic E-state index is 12.9. The molecule has 2 fully saturated rings. The molecular formula is C14H21BrN4O. The Morgan fingerprint density at radius 3 is 2.85 bits per heavy atom. The molecule has 5 nitrogen and oxygen atoms in total. The summed E-state index contributed by atoms with van der Waals surface area (Å²) < 4.78 is 3.10. The number of aromatic nitrogens is 1. The maximum atomic E-state index is 12.9. The van der Waals surface area contributed by atoms with Crippen molar-refractivity contribution in [2.75, 3.05) is 33.2 Å². The van der Waals surface area contributed by atoms with E-state index < -0.39 is 0 Å². The van der Waals surface area contributed by atoms with Crippen LogP contribution < -0.4 is 5.73 Å². The van der Waals surface area contributed by atoms with E-state index in [0.29, 0.717) is 12.6 Å². The Balaban J connectivity index is 1.84. The van der Waals surface area contributed by atoms with Gasteiger partial charge in [0.05, 0.1) is 6.04 Å². The smallest absolute Gasteiger partial charge is 0.270 e. The zero-order valence-electron chi connectivity index (χ0n) is 11.8. The average Bonchev–Trinajstić information content (AvgIpc) is 3.20. The zero-order chi connectivity index (χ0) is 14.3. The number of carbonyl (C=O) groups excluding carboxylic acids is 1. The number of amides is 1. The van der Waals surface area contributed by atoms with Crippen molar-refractivity contribution in [1.29, 1.82) is 0 Å². The normalized spacial score (nSPS) is 24.1. The highest BCUT2D eigenvalue weighted by atomic mass is 79.9. The largest absolute Gasteiger partial charge is 0.339 e. The molecule has 0 radical (unpaired) electrons. The van der Waals surface area contributed by atoms with Crippen LogP contribution >= 0.6 is 15.9 Å². The minimum absolute atomic E-state index is 0.113. The van der Waals surface area contributed by atoms with Gasteiger partial charge in [-0.15, -0.1) is 0 Å². The highest BCUT2D eigenvalue weighted by molar-refractivity contribution is 9.10. The fraction of sp³-hybridized carbons (Fsp3) is 0.643. The van der Waals surface area contributed by atoms with Crippen molar-refractivity contribution >= 4 is 21.8 Å². The summed E-state index contributed by atoms with van der Waals surface area (Å²) in [5.41, 5.74) is 6.64. The van der Waals surface area contributed by atoms with E-state index in [0.717, 1.165) is 29.8 Å². The van der Waals surface area contributed by atoms with Crippen LogP contribution in [-0.4, -0.2) is 59.5 Å². The van der Waals surface area contributed by atoms with Crippen LogP contribution in [0.25, 0.3) is 0 Å². The third kappa shape index (κ3) is 2.64. The number of rotatable bonds is 3. The first-order chi connectivity index (χ1) is 9.60. The SMILES string of the molecule is CN1CCN(C(=O)c2cc(Br)cn2C2CC2)C(CN)C1. The van der Waals surface area contributed by atoms with E-state index in [-0.39, 0.29) is 11.9 Å². The molecule has 2 aliphatic rings. The van der Waals surface area contributed by atoms with Gasteiger partial charge >= 0.3 is 0 Å². The van der Waals surface area contributed by atoms with Gasteiger partial charge in [-0.2, -0.15) is 0 Å². The van der Waals surface area contributed by atoms with Crippen molar-refractivity contribution in [3.63, 3.8) is 0 Å². The molecule has 0 spiro atoms.